The van der Waals surface area contributed by atoms with E-state index in [1.165, 1.54) is 29.5 Å². The van der Waals surface area contributed by atoms with Crippen molar-refractivity contribution in [1.82, 2.24) is 10.2 Å². The van der Waals surface area contributed by atoms with E-state index in [9.17, 15) is 19.1 Å². The summed E-state index contributed by atoms with van der Waals surface area (Å²) in [6, 6.07) is 16.4. The highest BCUT2D eigenvalue weighted by molar-refractivity contribution is 7.10. The number of nitrogens with one attached hydrogen (secondary N) is 2. The van der Waals surface area contributed by atoms with Crippen molar-refractivity contribution in [3.8, 4) is 5.75 Å². The SMILES string of the molecule is O=C(CN1CCC(C(=O)Nc2ccccc2O)CC1)NC(c1ccc(F)cc1)c1cccs1. The number of hydrogen-bond acceptors (Lipinski definition) is 5. The summed E-state index contributed by atoms with van der Waals surface area (Å²) in [5.41, 5.74) is 1.23. The Balaban J connectivity index is 1.30. The first-order chi connectivity index (χ1) is 16.0. The molecule has 4 rings (SSSR count). The van der Waals surface area contributed by atoms with Crippen LogP contribution in [0.25, 0.3) is 0 Å². The first-order valence-electron chi connectivity index (χ1n) is 10.9. The van der Waals surface area contributed by atoms with Gasteiger partial charge in [-0.25, -0.2) is 4.39 Å². The first kappa shape index (κ1) is 22.9. The Morgan fingerprint density at radius 3 is 2.45 bits per heavy atom. The number of phenols is 1. The summed E-state index contributed by atoms with van der Waals surface area (Å²) < 4.78 is 13.4. The predicted molar refractivity (Wildman–Crippen MR) is 127 cm³/mol. The minimum absolute atomic E-state index is 0.0430. The van der Waals surface area contributed by atoms with E-state index in [1.807, 2.05) is 22.4 Å². The first-order valence-corrected chi connectivity index (χ1v) is 11.8. The molecule has 6 nitrogen and oxygen atoms in total. The zero-order chi connectivity index (χ0) is 23.2. The number of anilines is 1. The van der Waals surface area contributed by atoms with Gasteiger partial charge in [0, 0.05) is 10.8 Å². The van der Waals surface area contributed by atoms with Crippen LogP contribution >= 0.6 is 11.3 Å². The minimum Gasteiger partial charge on any atom is -0.506 e. The molecule has 3 aromatic rings. The van der Waals surface area contributed by atoms with Crippen LogP contribution in [0, 0.1) is 11.7 Å². The van der Waals surface area contributed by atoms with Crippen molar-refractivity contribution in [3.05, 3.63) is 82.3 Å². The van der Waals surface area contributed by atoms with Gasteiger partial charge in [0.2, 0.25) is 11.8 Å². The van der Waals surface area contributed by atoms with Crippen molar-refractivity contribution < 1.29 is 19.1 Å². The van der Waals surface area contributed by atoms with Crippen LogP contribution in [0.3, 0.4) is 0 Å². The van der Waals surface area contributed by atoms with Gasteiger partial charge in [0.25, 0.3) is 0 Å². The number of aromatic hydroxyl groups is 1. The quantitative estimate of drug-likeness (QED) is 0.456. The van der Waals surface area contributed by atoms with Crippen LogP contribution in [0.1, 0.15) is 29.3 Å². The van der Waals surface area contributed by atoms with Crippen LogP contribution in [-0.4, -0.2) is 41.5 Å². The summed E-state index contributed by atoms with van der Waals surface area (Å²) in [5, 5.41) is 17.7. The normalized spacial score (nSPS) is 15.7. The summed E-state index contributed by atoms with van der Waals surface area (Å²) >= 11 is 1.54. The fraction of sp³-hybridized carbons (Fsp3) is 0.280. The molecule has 3 N–H and O–H groups in total. The van der Waals surface area contributed by atoms with Crippen LogP contribution in [0.2, 0.25) is 0 Å². The van der Waals surface area contributed by atoms with Gasteiger partial charge in [0.05, 0.1) is 18.3 Å². The topological polar surface area (TPSA) is 81.7 Å². The molecule has 172 valence electrons. The molecule has 1 atom stereocenters. The monoisotopic (exact) mass is 467 g/mol. The standard InChI is InChI=1S/C25H26FN3O3S/c26-19-9-7-17(8-10-19)24(22-6-3-15-33-22)28-23(31)16-29-13-11-18(12-14-29)25(32)27-20-4-1-2-5-21(20)30/h1-10,15,18,24,30H,11-14,16H2,(H,27,32)(H,28,31). The van der Waals surface area contributed by atoms with Gasteiger partial charge in [-0.15, -0.1) is 11.3 Å². The molecule has 0 aliphatic carbocycles. The van der Waals surface area contributed by atoms with Crippen LogP contribution in [0.5, 0.6) is 5.75 Å². The van der Waals surface area contributed by atoms with Crippen molar-refractivity contribution in [3.63, 3.8) is 0 Å². The third-order valence-electron chi connectivity index (χ3n) is 5.82. The number of rotatable bonds is 7. The number of piperidine rings is 1. The number of carbonyl (C=O) groups is 2. The van der Waals surface area contributed by atoms with Gasteiger partial charge < -0.3 is 15.7 Å². The third-order valence-corrected chi connectivity index (χ3v) is 6.76. The maximum absolute atomic E-state index is 13.4. The van der Waals surface area contributed by atoms with E-state index in [4.69, 9.17) is 0 Å². The molecule has 0 radical (unpaired) electrons. The van der Waals surface area contributed by atoms with Crippen LogP contribution in [0.4, 0.5) is 10.1 Å². The molecule has 1 aliphatic heterocycles. The Hall–Kier alpha value is -3.23. The number of para-hydroxylation sites is 2. The Morgan fingerprint density at radius 1 is 1.06 bits per heavy atom. The van der Waals surface area contributed by atoms with Crippen LogP contribution in [0.15, 0.2) is 66.0 Å². The third kappa shape index (κ3) is 5.97. The van der Waals surface area contributed by atoms with Crippen LogP contribution in [-0.2, 0) is 9.59 Å². The number of phenolic OH excluding ortho intramolecular Hbond substituents is 1. The van der Waals surface area contributed by atoms with E-state index in [0.717, 1.165) is 10.4 Å². The number of carbonyl (C=O) groups excluding carboxylic acids is 2. The molecule has 0 spiro atoms. The van der Waals surface area contributed by atoms with E-state index in [2.05, 4.69) is 10.6 Å². The zero-order valence-corrected chi connectivity index (χ0v) is 18.9. The smallest absolute Gasteiger partial charge is 0.234 e. The molecule has 2 amide bonds. The summed E-state index contributed by atoms with van der Waals surface area (Å²) in [6.45, 7) is 1.50. The Bertz CT molecular complexity index is 1080. The number of likely N-dealkylation sites (tertiary alicyclic amines) is 1. The van der Waals surface area contributed by atoms with Crippen LogP contribution < -0.4 is 10.6 Å². The fourth-order valence-electron chi connectivity index (χ4n) is 4.01. The van der Waals surface area contributed by atoms with Gasteiger partial charge in [0.1, 0.15) is 11.6 Å². The molecule has 33 heavy (non-hydrogen) atoms. The molecule has 8 heteroatoms. The molecule has 2 heterocycles. The van der Waals surface area contributed by atoms with Gasteiger partial charge in [-0.2, -0.15) is 0 Å². The van der Waals surface area contributed by atoms with E-state index >= 15 is 0 Å². The highest BCUT2D eigenvalue weighted by atomic mass is 32.1. The maximum Gasteiger partial charge on any atom is 0.234 e. The molecular formula is C25H26FN3O3S. The van der Waals surface area contributed by atoms with Crippen molar-refractivity contribution >= 4 is 28.8 Å². The molecule has 2 aromatic carbocycles. The van der Waals surface area contributed by atoms with Crippen molar-refractivity contribution in [1.29, 1.82) is 0 Å². The highest BCUT2D eigenvalue weighted by Gasteiger charge is 2.27. The molecular weight excluding hydrogens is 441 g/mol. The summed E-state index contributed by atoms with van der Waals surface area (Å²) in [7, 11) is 0. The number of amides is 2. The minimum atomic E-state index is -0.333. The molecule has 0 saturated carbocycles. The van der Waals surface area contributed by atoms with Crippen molar-refractivity contribution in [2.75, 3.05) is 25.0 Å². The lowest BCUT2D eigenvalue weighted by atomic mass is 9.95. The second-order valence-corrected chi connectivity index (χ2v) is 9.10. The molecule has 1 fully saturated rings. The number of halogens is 1. The zero-order valence-electron chi connectivity index (χ0n) is 18.0. The Kier molecular flexibility index (Phi) is 7.36. The summed E-state index contributed by atoms with van der Waals surface area (Å²) in [5.74, 6) is -0.669. The molecule has 1 aromatic heterocycles. The van der Waals surface area contributed by atoms with Gasteiger partial charge >= 0.3 is 0 Å². The predicted octanol–water partition coefficient (Wildman–Crippen LogP) is 4.15. The second-order valence-electron chi connectivity index (χ2n) is 8.12. The summed E-state index contributed by atoms with van der Waals surface area (Å²) in [6.07, 6.45) is 1.28. The van der Waals surface area contributed by atoms with E-state index in [1.54, 1.807) is 30.3 Å². The van der Waals surface area contributed by atoms with E-state index in [-0.39, 0.29) is 41.9 Å². The van der Waals surface area contributed by atoms with Gasteiger partial charge in [-0.1, -0.05) is 30.3 Å². The fourth-order valence-corrected chi connectivity index (χ4v) is 4.81. The number of nitrogens with zero attached hydrogens (tertiary/aromatic N) is 1. The lowest BCUT2D eigenvalue weighted by Crippen LogP contribution is -2.44. The molecule has 1 saturated heterocycles. The lowest BCUT2D eigenvalue weighted by Gasteiger charge is -2.31. The van der Waals surface area contributed by atoms with Gasteiger partial charge in [0.15, 0.2) is 0 Å². The average Bonchev–Trinajstić information content (AvgIpc) is 3.35. The Morgan fingerprint density at radius 2 is 1.79 bits per heavy atom. The van der Waals surface area contributed by atoms with E-state index in [0.29, 0.717) is 31.6 Å². The number of benzene rings is 2. The number of thiophene rings is 1. The van der Waals surface area contributed by atoms with Gasteiger partial charge in [-0.05, 0) is 67.2 Å². The average molecular weight is 468 g/mol. The van der Waals surface area contributed by atoms with E-state index < -0.39 is 0 Å². The molecule has 1 aliphatic rings. The molecule has 0 bridgehead atoms. The Labute approximate surface area is 196 Å². The van der Waals surface area contributed by atoms with Gasteiger partial charge in [-0.3, -0.25) is 14.5 Å². The lowest BCUT2D eigenvalue weighted by molar-refractivity contribution is -0.123. The largest absolute Gasteiger partial charge is 0.506 e. The molecule has 1 unspecified atom stereocenters. The highest BCUT2D eigenvalue weighted by Crippen LogP contribution is 2.27. The number of hydrogen-bond donors (Lipinski definition) is 3. The summed E-state index contributed by atoms with van der Waals surface area (Å²) in [4.78, 5) is 28.4. The van der Waals surface area contributed by atoms with Crippen molar-refractivity contribution in [2.24, 2.45) is 5.92 Å². The second kappa shape index (κ2) is 10.6. The maximum atomic E-state index is 13.4. The van der Waals surface area contributed by atoms with Crippen molar-refractivity contribution in [2.45, 2.75) is 18.9 Å².